The van der Waals surface area contributed by atoms with Crippen molar-refractivity contribution >= 4 is 23.0 Å². The van der Waals surface area contributed by atoms with Crippen LogP contribution in [0.4, 0.5) is 25.8 Å². The topological polar surface area (TPSA) is 54.0 Å². The average molecular weight is 353 g/mol. The van der Waals surface area contributed by atoms with Crippen molar-refractivity contribution < 1.29 is 13.6 Å². The van der Waals surface area contributed by atoms with Gasteiger partial charge in [0.1, 0.15) is 5.69 Å². The molecule has 0 bridgehead atoms. The number of carbonyl (C=O) groups is 1. The quantitative estimate of drug-likeness (QED) is 0.696. The minimum Gasteiger partial charge on any atom is -0.355 e. The van der Waals surface area contributed by atoms with Crippen LogP contribution in [0.5, 0.6) is 0 Å². The van der Waals surface area contributed by atoms with Gasteiger partial charge in [-0.3, -0.25) is 9.78 Å². The Labute approximate surface area is 149 Å². The summed E-state index contributed by atoms with van der Waals surface area (Å²) in [6, 6.07) is 12.4. The van der Waals surface area contributed by atoms with Crippen LogP contribution in [0.3, 0.4) is 0 Å². The molecule has 6 heteroatoms. The highest BCUT2D eigenvalue weighted by Gasteiger charge is 2.10. The van der Waals surface area contributed by atoms with Crippen LogP contribution in [0.15, 0.2) is 54.7 Å². The van der Waals surface area contributed by atoms with Crippen molar-refractivity contribution in [2.24, 2.45) is 0 Å². The first-order valence-electron chi connectivity index (χ1n) is 7.98. The molecule has 132 valence electrons. The van der Waals surface area contributed by atoms with Gasteiger partial charge in [0.15, 0.2) is 11.6 Å². The molecule has 0 aliphatic heterocycles. The van der Waals surface area contributed by atoms with E-state index < -0.39 is 11.6 Å². The van der Waals surface area contributed by atoms with Gasteiger partial charge in [-0.05, 0) is 61.4 Å². The fraction of sp³-hybridized carbons (Fsp3) is 0.100. The largest absolute Gasteiger partial charge is 0.355 e. The number of aryl methyl sites for hydroxylation is 2. The average Bonchev–Trinajstić information content (AvgIpc) is 2.57. The van der Waals surface area contributed by atoms with E-state index in [9.17, 15) is 13.6 Å². The molecule has 2 aromatic carbocycles. The fourth-order valence-electron chi connectivity index (χ4n) is 2.61. The Morgan fingerprint density at radius 2 is 1.54 bits per heavy atom. The Kier molecular flexibility index (Phi) is 4.93. The highest BCUT2D eigenvalue weighted by atomic mass is 19.2. The minimum absolute atomic E-state index is 0.205. The molecule has 0 atom stereocenters. The van der Waals surface area contributed by atoms with Crippen LogP contribution in [0.1, 0.15) is 21.6 Å². The van der Waals surface area contributed by atoms with Gasteiger partial charge in [-0.2, -0.15) is 0 Å². The highest BCUT2D eigenvalue weighted by molar-refractivity contribution is 6.03. The Balaban J connectivity index is 1.77. The van der Waals surface area contributed by atoms with Gasteiger partial charge >= 0.3 is 0 Å². The summed E-state index contributed by atoms with van der Waals surface area (Å²) in [7, 11) is 0. The molecule has 0 saturated heterocycles. The van der Waals surface area contributed by atoms with Crippen molar-refractivity contribution in [3.05, 3.63) is 83.2 Å². The molecule has 0 fully saturated rings. The molecule has 3 rings (SSSR count). The highest BCUT2D eigenvalue weighted by Crippen LogP contribution is 2.20. The number of benzene rings is 2. The third-order valence-corrected chi connectivity index (χ3v) is 3.68. The second kappa shape index (κ2) is 7.31. The van der Waals surface area contributed by atoms with Crippen LogP contribution >= 0.6 is 0 Å². The molecule has 1 aromatic heterocycles. The van der Waals surface area contributed by atoms with E-state index in [1.807, 2.05) is 32.0 Å². The summed E-state index contributed by atoms with van der Waals surface area (Å²) in [6.07, 6.45) is 1.47. The molecule has 26 heavy (non-hydrogen) atoms. The van der Waals surface area contributed by atoms with Crippen molar-refractivity contribution in [2.75, 3.05) is 10.6 Å². The molecule has 3 aromatic rings. The van der Waals surface area contributed by atoms with Crippen molar-refractivity contribution in [2.45, 2.75) is 13.8 Å². The van der Waals surface area contributed by atoms with E-state index in [0.29, 0.717) is 17.1 Å². The zero-order valence-corrected chi connectivity index (χ0v) is 14.3. The van der Waals surface area contributed by atoms with Gasteiger partial charge in [0.25, 0.3) is 5.91 Å². The molecule has 0 aliphatic carbocycles. The second-order valence-corrected chi connectivity index (χ2v) is 6.01. The monoisotopic (exact) mass is 353 g/mol. The number of nitrogens with zero attached hydrogens (tertiary/aromatic N) is 1. The number of rotatable bonds is 4. The van der Waals surface area contributed by atoms with Crippen LogP contribution in [-0.2, 0) is 0 Å². The third kappa shape index (κ3) is 4.22. The fourth-order valence-corrected chi connectivity index (χ4v) is 2.61. The molecular weight excluding hydrogens is 336 g/mol. The lowest BCUT2D eigenvalue weighted by Gasteiger charge is -2.10. The lowest BCUT2D eigenvalue weighted by molar-refractivity contribution is 0.102. The predicted octanol–water partition coefficient (Wildman–Crippen LogP) is 4.97. The first-order valence-corrected chi connectivity index (χ1v) is 7.98. The van der Waals surface area contributed by atoms with E-state index in [4.69, 9.17) is 0 Å². The molecule has 0 unspecified atom stereocenters. The first-order chi connectivity index (χ1) is 12.4. The number of carbonyl (C=O) groups excluding carboxylic acids is 1. The summed E-state index contributed by atoms with van der Waals surface area (Å²) in [5.41, 5.74) is 3.89. The number of aromatic nitrogens is 1. The smallest absolute Gasteiger partial charge is 0.274 e. The summed E-state index contributed by atoms with van der Waals surface area (Å²) in [6.45, 7) is 3.90. The number of amides is 1. The Bertz CT molecular complexity index is 953. The lowest BCUT2D eigenvalue weighted by atomic mass is 10.1. The zero-order chi connectivity index (χ0) is 18.7. The summed E-state index contributed by atoms with van der Waals surface area (Å²) in [5, 5.41) is 5.73. The molecular formula is C20H17F2N3O. The standard InChI is InChI=1S/C20H17F2N3O/c1-12-7-13(2)9-16(8-12)25-20(26)19-11-15(5-6-23-19)24-14-3-4-17(21)18(22)10-14/h3-11H,1-2H3,(H,23,24)(H,25,26). The van der Waals surface area contributed by atoms with Gasteiger partial charge < -0.3 is 10.6 Å². The van der Waals surface area contributed by atoms with Gasteiger partial charge in [0, 0.05) is 29.3 Å². The Hall–Kier alpha value is -3.28. The maximum Gasteiger partial charge on any atom is 0.274 e. The molecule has 0 radical (unpaired) electrons. The zero-order valence-electron chi connectivity index (χ0n) is 14.3. The first kappa shape index (κ1) is 17.5. The van der Waals surface area contributed by atoms with Crippen molar-refractivity contribution in [3.8, 4) is 0 Å². The van der Waals surface area contributed by atoms with Gasteiger partial charge in [0.05, 0.1) is 0 Å². The molecule has 0 saturated carbocycles. The molecule has 0 aliphatic rings. The van der Waals surface area contributed by atoms with E-state index in [-0.39, 0.29) is 11.6 Å². The SMILES string of the molecule is Cc1cc(C)cc(NC(=O)c2cc(Nc3ccc(F)c(F)c3)ccn2)c1. The van der Waals surface area contributed by atoms with Crippen LogP contribution < -0.4 is 10.6 Å². The number of hydrogen-bond donors (Lipinski definition) is 2. The molecule has 1 amide bonds. The van der Waals surface area contributed by atoms with Gasteiger partial charge in [-0.25, -0.2) is 8.78 Å². The van der Waals surface area contributed by atoms with Crippen LogP contribution in [-0.4, -0.2) is 10.9 Å². The van der Waals surface area contributed by atoms with Gasteiger partial charge in [-0.15, -0.1) is 0 Å². The normalized spacial score (nSPS) is 10.5. The number of pyridine rings is 1. The van der Waals surface area contributed by atoms with Crippen molar-refractivity contribution in [1.29, 1.82) is 0 Å². The summed E-state index contributed by atoms with van der Waals surface area (Å²) in [4.78, 5) is 16.5. The van der Waals surface area contributed by atoms with Gasteiger partial charge in [0.2, 0.25) is 0 Å². The molecule has 4 nitrogen and oxygen atoms in total. The van der Waals surface area contributed by atoms with Crippen LogP contribution in [0.2, 0.25) is 0 Å². The summed E-state index contributed by atoms with van der Waals surface area (Å²) in [5.74, 6) is -2.22. The van der Waals surface area contributed by atoms with Crippen molar-refractivity contribution in [3.63, 3.8) is 0 Å². The predicted molar refractivity (Wildman–Crippen MR) is 97.7 cm³/mol. The number of halogens is 2. The number of hydrogen-bond acceptors (Lipinski definition) is 3. The maximum atomic E-state index is 13.3. The summed E-state index contributed by atoms with van der Waals surface area (Å²) < 4.78 is 26.3. The molecule has 2 N–H and O–H groups in total. The number of nitrogens with one attached hydrogen (secondary N) is 2. The van der Waals surface area contributed by atoms with Gasteiger partial charge in [-0.1, -0.05) is 6.07 Å². The number of anilines is 3. The van der Waals surface area contributed by atoms with Crippen LogP contribution in [0, 0.1) is 25.5 Å². The Morgan fingerprint density at radius 1 is 0.846 bits per heavy atom. The molecule has 1 heterocycles. The molecule has 0 spiro atoms. The van der Waals surface area contributed by atoms with E-state index in [0.717, 1.165) is 23.3 Å². The van der Waals surface area contributed by atoms with E-state index in [1.165, 1.54) is 12.3 Å². The van der Waals surface area contributed by atoms with E-state index in [1.54, 1.807) is 12.1 Å². The van der Waals surface area contributed by atoms with Crippen molar-refractivity contribution in [1.82, 2.24) is 4.98 Å². The lowest BCUT2D eigenvalue weighted by Crippen LogP contribution is -2.14. The third-order valence-electron chi connectivity index (χ3n) is 3.68. The summed E-state index contributed by atoms with van der Waals surface area (Å²) >= 11 is 0. The minimum atomic E-state index is -0.947. The Morgan fingerprint density at radius 3 is 2.23 bits per heavy atom. The van der Waals surface area contributed by atoms with E-state index >= 15 is 0 Å². The van der Waals surface area contributed by atoms with Crippen LogP contribution in [0.25, 0.3) is 0 Å². The maximum absolute atomic E-state index is 13.3. The van der Waals surface area contributed by atoms with E-state index in [2.05, 4.69) is 15.6 Å². The second-order valence-electron chi connectivity index (χ2n) is 6.01.